The average Bonchev–Trinajstić information content (AvgIpc) is 2.61. The van der Waals surface area contributed by atoms with Crippen LogP contribution in [0.3, 0.4) is 0 Å². The first-order valence-electron chi connectivity index (χ1n) is 7.35. The molecule has 2 fully saturated rings. The number of carbonyl (C=O) groups is 1. The third-order valence-electron chi connectivity index (χ3n) is 4.44. The molecule has 0 spiro atoms. The van der Waals surface area contributed by atoms with Gasteiger partial charge in [0, 0.05) is 6.54 Å². The van der Waals surface area contributed by atoms with E-state index in [0.29, 0.717) is 6.54 Å². The molecule has 4 heteroatoms. The molecule has 104 valence electrons. The van der Waals surface area contributed by atoms with Gasteiger partial charge in [0.05, 0.1) is 11.6 Å². The summed E-state index contributed by atoms with van der Waals surface area (Å²) < 4.78 is 0. The van der Waals surface area contributed by atoms with Crippen molar-refractivity contribution in [3.05, 3.63) is 0 Å². The summed E-state index contributed by atoms with van der Waals surface area (Å²) in [6, 6.07) is -0.0632. The van der Waals surface area contributed by atoms with Crippen LogP contribution in [0.15, 0.2) is 0 Å². The summed E-state index contributed by atoms with van der Waals surface area (Å²) in [5.74, 6) is 0.0669. The van der Waals surface area contributed by atoms with Crippen molar-refractivity contribution in [3.8, 4) is 0 Å². The first kappa shape index (κ1) is 13.8. The zero-order chi connectivity index (χ0) is 13.0. The highest BCUT2D eigenvalue weighted by molar-refractivity contribution is 5.81. The predicted molar refractivity (Wildman–Crippen MR) is 71.3 cm³/mol. The van der Waals surface area contributed by atoms with E-state index in [9.17, 15) is 9.90 Å². The number of nitrogens with zero attached hydrogens (tertiary/aromatic N) is 1. The molecule has 0 radical (unpaired) electrons. The lowest BCUT2D eigenvalue weighted by atomic mass is 9.80. The number of aliphatic hydroxyl groups is 1. The van der Waals surface area contributed by atoms with Gasteiger partial charge < -0.3 is 10.4 Å². The van der Waals surface area contributed by atoms with Gasteiger partial charge in [-0.15, -0.1) is 0 Å². The molecule has 1 amide bonds. The van der Waals surface area contributed by atoms with E-state index in [1.807, 2.05) is 6.92 Å². The lowest BCUT2D eigenvalue weighted by Crippen LogP contribution is -2.52. The Bertz CT molecular complexity index is 282. The van der Waals surface area contributed by atoms with Gasteiger partial charge in [0.25, 0.3) is 0 Å². The van der Waals surface area contributed by atoms with E-state index < -0.39 is 5.60 Å². The monoisotopic (exact) mass is 254 g/mol. The molecule has 1 saturated heterocycles. The second-order valence-electron chi connectivity index (χ2n) is 5.92. The van der Waals surface area contributed by atoms with Gasteiger partial charge in [0.2, 0.25) is 5.91 Å². The molecule has 0 aromatic heterocycles. The highest BCUT2D eigenvalue weighted by atomic mass is 16.3. The van der Waals surface area contributed by atoms with Crippen LogP contribution in [0.2, 0.25) is 0 Å². The Morgan fingerprint density at radius 2 is 1.83 bits per heavy atom. The maximum atomic E-state index is 12.1. The Hall–Kier alpha value is -0.610. The second-order valence-corrected chi connectivity index (χ2v) is 5.92. The van der Waals surface area contributed by atoms with Gasteiger partial charge in [0.1, 0.15) is 0 Å². The van der Waals surface area contributed by atoms with E-state index in [1.165, 1.54) is 25.7 Å². The molecular formula is C14H26N2O2. The standard InChI is InChI=1S/C14H26N2O2/c1-12(16-9-4-2-3-5-10-16)13(17)15-11-14(18)7-6-8-14/h12,18H,2-11H2,1H3,(H,15,17). The Kier molecular flexibility index (Phi) is 4.62. The van der Waals surface area contributed by atoms with E-state index in [0.717, 1.165) is 32.4 Å². The summed E-state index contributed by atoms with van der Waals surface area (Å²) >= 11 is 0. The number of hydrogen-bond acceptors (Lipinski definition) is 3. The number of rotatable bonds is 4. The van der Waals surface area contributed by atoms with Gasteiger partial charge in [-0.1, -0.05) is 12.8 Å². The molecule has 2 N–H and O–H groups in total. The highest BCUT2D eigenvalue weighted by Crippen LogP contribution is 2.30. The lowest BCUT2D eigenvalue weighted by molar-refractivity contribution is -0.128. The van der Waals surface area contributed by atoms with Crippen LogP contribution in [0.25, 0.3) is 0 Å². The number of hydrogen-bond donors (Lipinski definition) is 2. The fourth-order valence-electron chi connectivity index (χ4n) is 2.81. The second kappa shape index (κ2) is 6.02. The Morgan fingerprint density at radius 1 is 1.22 bits per heavy atom. The van der Waals surface area contributed by atoms with Crippen LogP contribution in [-0.2, 0) is 4.79 Å². The SMILES string of the molecule is CC(C(=O)NCC1(O)CCC1)N1CCCCCC1. The third-order valence-corrected chi connectivity index (χ3v) is 4.44. The van der Waals surface area contributed by atoms with Crippen molar-refractivity contribution >= 4 is 5.91 Å². The zero-order valence-corrected chi connectivity index (χ0v) is 11.5. The van der Waals surface area contributed by atoms with Crippen LogP contribution >= 0.6 is 0 Å². The predicted octanol–water partition coefficient (Wildman–Crippen LogP) is 1.28. The van der Waals surface area contributed by atoms with E-state index in [2.05, 4.69) is 10.2 Å². The minimum atomic E-state index is -0.617. The van der Waals surface area contributed by atoms with Crippen LogP contribution in [0.1, 0.15) is 51.9 Å². The molecule has 1 aliphatic heterocycles. The molecule has 18 heavy (non-hydrogen) atoms. The molecule has 1 saturated carbocycles. The molecule has 2 rings (SSSR count). The molecule has 0 bridgehead atoms. The van der Waals surface area contributed by atoms with Crippen molar-refractivity contribution in [2.45, 2.75) is 63.5 Å². The van der Waals surface area contributed by atoms with Crippen molar-refractivity contribution in [2.24, 2.45) is 0 Å². The van der Waals surface area contributed by atoms with Crippen LogP contribution in [0.5, 0.6) is 0 Å². The largest absolute Gasteiger partial charge is 0.388 e. The molecule has 1 unspecified atom stereocenters. The van der Waals surface area contributed by atoms with E-state index >= 15 is 0 Å². The van der Waals surface area contributed by atoms with Crippen molar-refractivity contribution < 1.29 is 9.90 Å². The van der Waals surface area contributed by atoms with Gasteiger partial charge in [0.15, 0.2) is 0 Å². The first-order chi connectivity index (χ1) is 8.61. The summed E-state index contributed by atoms with van der Waals surface area (Å²) in [4.78, 5) is 14.3. The smallest absolute Gasteiger partial charge is 0.237 e. The quantitative estimate of drug-likeness (QED) is 0.794. The normalized spacial score (nSPS) is 25.9. The van der Waals surface area contributed by atoms with Crippen LogP contribution in [-0.4, -0.2) is 47.2 Å². The van der Waals surface area contributed by atoms with Crippen molar-refractivity contribution in [1.29, 1.82) is 0 Å². The summed E-state index contributed by atoms with van der Waals surface area (Å²) in [7, 11) is 0. The summed E-state index contributed by atoms with van der Waals surface area (Å²) in [5, 5.41) is 12.9. The first-order valence-corrected chi connectivity index (χ1v) is 7.35. The molecule has 1 atom stereocenters. The van der Waals surface area contributed by atoms with Gasteiger partial charge in [-0.3, -0.25) is 9.69 Å². The maximum absolute atomic E-state index is 12.1. The van der Waals surface area contributed by atoms with Gasteiger partial charge in [-0.25, -0.2) is 0 Å². The third kappa shape index (κ3) is 3.45. The van der Waals surface area contributed by atoms with Crippen molar-refractivity contribution in [2.75, 3.05) is 19.6 Å². The summed E-state index contributed by atoms with van der Waals surface area (Å²) in [6.45, 7) is 4.45. The number of likely N-dealkylation sites (tertiary alicyclic amines) is 1. The van der Waals surface area contributed by atoms with Crippen LogP contribution in [0.4, 0.5) is 0 Å². The number of carbonyl (C=O) groups excluding carboxylic acids is 1. The van der Waals surface area contributed by atoms with Crippen LogP contribution < -0.4 is 5.32 Å². The minimum absolute atomic E-state index is 0.0632. The summed E-state index contributed by atoms with van der Waals surface area (Å²) in [6.07, 6.45) is 7.68. The molecule has 4 nitrogen and oxygen atoms in total. The zero-order valence-electron chi connectivity index (χ0n) is 11.5. The van der Waals surface area contributed by atoms with E-state index in [1.54, 1.807) is 0 Å². The minimum Gasteiger partial charge on any atom is -0.388 e. The topological polar surface area (TPSA) is 52.6 Å². The molecule has 0 aromatic carbocycles. The fourth-order valence-corrected chi connectivity index (χ4v) is 2.81. The Labute approximate surface area is 110 Å². The molecular weight excluding hydrogens is 228 g/mol. The van der Waals surface area contributed by atoms with Crippen molar-refractivity contribution in [3.63, 3.8) is 0 Å². The number of amides is 1. The maximum Gasteiger partial charge on any atom is 0.237 e. The molecule has 1 heterocycles. The van der Waals surface area contributed by atoms with E-state index in [-0.39, 0.29) is 11.9 Å². The molecule has 1 aliphatic carbocycles. The van der Waals surface area contributed by atoms with Gasteiger partial charge in [-0.2, -0.15) is 0 Å². The van der Waals surface area contributed by atoms with Crippen molar-refractivity contribution in [1.82, 2.24) is 10.2 Å². The van der Waals surface area contributed by atoms with Gasteiger partial charge in [-0.05, 0) is 52.1 Å². The van der Waals surface area contributed by atoms with E-state index in [4.69, 9.17) is 0 Å². The lowest BCUT2D eigenvalue weighted by Gasteiger charge is -2.37. The average molecular weight is 254 g/mol. The fraction of sp³-hybridized carbons (Fsp3) is 0.929. The number of nitrogens with one attached hydrogen (secondary N) is 1. The van der Waals surface area contributed by atoms with Gasteiger partial charge >= 0.3 is 0 Å². The molecule has 0 aromatic rings. The molecule has 2 aliphatic rings. The Morgan fingerprint density at radius 3 is 2.33 bits per heavy atom. The Balaban J connectivity index is 1.76. The van der Waals surface area contributed by atoms with Crippen LogP contribution in [0, 0.1) is 0 Å². The summed E-state index contributed by atoms with van der Waals surface area (Å²) in [5.41, 5.74) is -0.617. The highest BCUT2D eigenvalue weighted by Gasteiger charge is 2.35.